The summed E-state index contributed by atoms with van der Waals surface area (Å²) in [5, 5.41) is 6.78. The Balaban J connectivity index is 1.25. The van der Waals surface area contributed by atoms with E-state index in [2.05, 4.69) is 21.7 Å². The molecule has 1 aliphatic rings. The van der Waals surface area contributed by atoms with E-state index in [1.165, 1.54) is 4.70 Å². The zero-order valence-electron chi connectivity index (χ0n) is 15.5. The molecule has 2 heterocycles. The van der Waals surface area contributed by atoms with Crippen LogP contribution in [0.5, 0.6) is 5.75 Å². The number of rotatable bonds is 6. The van der Waals surface area contributed by atoms with E-state index >= 15 is 0 Å². The van der Waals surface area contributed by atoms with Crippen molar-refractivity contribution in [2.75, 3.05) is 10.6 Å². The number of nitrogens with zero attached hydrogens (tertiary/aromatic N) is 1. The van der Waals surface area contributed by atoms with E-state index in [9.17, 15) is 9.59 Å². The van der Waals surface area contributed by atoms with Gasteiger partial charge in [0.25, 0.3) is 5.91 Å². The summed E-state index contributed by atoms with van der Waals surface area (Å²) in [7, 11) is 0. The Kier molecular flexibility index (Phi) is 5.25. The molecule has 0 radical (unpaired) electrons. The molecule has 6 nitrogen and oxygen atoms in total. The monoisotopic (exact) mass is 395 g/mol. The summed E-state index contributed by atoms with van der Waals surface area (Å²) in [4.78, 5) is 28.5. The molecule has 0 spiro atoms. The molecule has 2 amide bonds. The molecule has 0 saturated heterocycles. The minimum absolute atomic E-state index is 0.0410. The Morgan fingerprint density at radius 2 is 2.11 bits per heavy atom. The van der Waals surface area contributed by atoms with Crippen LogP contribution in [-0.2, 0) is 16.0 Å². The van der Waals surface area contributed by atoms with E-state index in [4.69, 9.17) is 4.74 Å². The molecular formula is C21H21N3O3S. The topological polar surface area (TPSA) is 80.3 Å². The highest BCUT2D eigenvalue weighted by Crippen LogP contribution is 2.32. The van der Waals surface area contributed by atoms with Crippen LogP contribution in [-0.4, -0.2) is 22.9 Å². The molecular weight excluding hydrogens is 374 g/mol. The number of carbonyl (C=O) groups is 2. The average molecular weight is 395 g/mol. The maximum atomic E-state index is 12.2. The maximum Gasteiger partial charge on any atom is 0.265 e. The van der Waals surface area contributed by atoms with Crippen molar-refractivity contribution in [1.29, 1.82) is 0 Å². The Morgan fingerprint density at radius 3 is 2.96 bits per heavy atom. The second kappa shape index (κ2) is 7.98. The van der Waals surface area contributed by atoms with Gasteiger partial charge in [-0.25, -0.2) is 4.98 Å². The number of carbonyl (C=O) groups excluding carboxylic acids is 2. The van der Waals surface area contributed by atoms with E-state index in [0.29, 0.717) is 23.5 Å². The molecule has 1 aromatic heterocycles. The van der Waals surface area contributed by atoms with Crippen molar-refractivity contribution in [3.8, 4) is 5.75 Å². The third kappa shape index (κ3) is 4.14. The van der Waals surface area contributed by atoms with Gasteiger partial charge in [-0.05, 0) is 56.5 Å². The first kappa shape index (κ1) is 18.4. The number of aryl methyl sites for hydroxylation is 1. The third-order valence-corrected chi connectivity index (χ3v) is 5.67. The van der Waals surface area contributed by atoms with Gasteiger partial charge in [0.1, 0.15) is 5.75 Å². The largest absolute Gasteiger partial charge is 0.479 e. The average Bonchev–Trinajstić information content (AvgIpc) is 3.09. The van der Waals surface area contributed by atoms with Crippen LogP contribution in [0.3, 0.4) is 0 Å². The third-order valence-electron chi connectivity index (χ3n) is 4.58. The van der Waals surface area contributed by atoms with E-state index in [0.717, 1.165) is 29.8 Å². The second-order valence-electron chi connectivity index (χ2n) is 6.79. The number of aromatic nitrogens is 1. The summed E-state index contributed by atoms with van der Waals surface area (Å²) in [6, 6.07) is 13.4. The molecule has 0 aliphatic carbocycles. The SMILES string of the molecule is C[C@H]1Oc2ccc(NC(=O)CCCCc3nc4ccccc4s3)cc2NC1=O. The number of nitrogens with one attached hydrogen (secondary N) is 2. The zero-order valence-corrected chi connectivity index (χ0v) is 16.3. The van der Waals surface area contributed by atoms with Crippen LogP contribution in [0.15, 0.2) is 42.5 Å². The van der Waals surface area contributed by atoms with Gasteiger partial charge in [-0.1, -0.05) is 12.1 Å². The number of ether oxygens (including phenoxy) is 1. The molecule has 2 aromatic carbocycles. The van der Waals surface area contributed by atoms with E-state index in [1.54, 1.807) is 36.5 Å². The van der Waals surface area contributed by atoms with Crippen molar-refractivity contribution in [3.63, 3.8) is 0 Å². The van der Waals surface area contributed by atoms with Crippen LogP contribution < -0.4 is 15.4 Å². The summed E-state index contributed by atoms with van der Waals surface area (Å²) in [6.45, 7) is 1.70. The quantitative estimate of drug-likeness (QED) is 0.608. The first-order valence-corrected chi connectivity index (χ1v) is 10.2. The highest BCUT2D eigenvalue weighted by molar-refractivity contribution is 7.18. The number of amides is 2. The molecule has 3 aromatic rings. The number of hydrogen-bond donors (Lipinski definition) is 2. The lowest BCUT2D eigenvalue weighted by Gasteiger charge is -2.23. The minimum Gasteiger partial charge on any atom is -0.479 e. The summed E-state index contributed by atoms with van der Waals surface area (Å²) in [6.07, 6.45) is 2.53. The van der Waals surface area contributed by atoms with Crippen LogP contribution >= 0.6 is 11.3 Å². The smallest absolute Gasteiger partial charge is 0.265 e. The van der Waals surface area contributed by atoms with Crippen molar-refractivity contribution in [1.82, 2.24) is 4.98 Å². The fourth-order valence-electron chi connectivity index (χ4n) is 3.10. The Morgan fingerprint density at radius 1 is 1.25 bits per heavy atom. The van der Waals surface area contributed by atoms with Crippen molar-refractivity contribution in [3.05, 3.63) is 47.5 Å². The molecule has 1 aliphatic heterocycles. The predicted molar refractivity (Wildman–Crippen MR) is 111 cm³/mol. The van der Waals surface area contributed by atoms with E-state index in [-0.39, 0.29) is 11.8 Å². The lowest BCUT2D eigenvalue weighted by molar-refractivity contribution is -0.122. The minimum atomic E-state index is -0.511. The number of anilines is 2. The van der Waals surface area contributed by atoms with Gasteiger partial charge in [-0.3, -0.25) is 9.59 Å². The molecule has 4 rings (SSSR count). The lowest BCUT2D eigenvalue weighted by Crippen LogP contribution is -2.34. The van der Waals surface area contributed by atoms with Crippen LogP contribution in [0.1, 0.15) is 31.2 Å². The maximum absolute atomic E-state index is 12.2. The van der Waals surface area contributed by atoms with Crippen molar-refractivity contribution < 1.29 is 14.3 Å². The highest BCUT2D eigenvalue weighted by Gasteiger charge is 2.23. The normalized spacial score (nSPS) is 15.6. The summed E-state index contributed by atoms with van der Waals surface area (Å²) in [5.74, 6) is 0.382. The van der Waals surface area contributed by atoms with Gasteiger partial charge in [0.2, 0.25) is 5.91 Å². The second-order valence-corrected chi connectivity index (χ2v) is 7.91. The molecule has 0 fully saturated rings. The molecule has 0 unspecified atom stereocenters. The van der Waals surface area contributed by atoms with Crippen LogP contribution in [0, 0.1) is 0 Å². The first-order valence-electron chi connectivity index (χ1n) is 9.34. The summed E-state index contributed by atoms with van der Waals surface area (Å²) < 4.78 is 6.72. The number of benzene rings is 2. The molecule has 2 N–H and O–H groups in total. The fraction of sp³-hybridized carbons (Fsp3) is 0.286. The molecule has 0 saturated carbocycles. The Labute approximate surface area is 166 Å². The Bertz CT molecular complexity index is 998. The van der Waals surface area contributed by atoms with E-state index < -0.39 is 6.10 Å². The lowest BCUT2D eigenvalue weighted by atomic mass is 10.1. The predicted octanol–water partition coefficient (Wildman–Crippen LogP) is 4.37. The Hall–Kier alpha value is -2.93. The number of hydrogen-bond acceptors (Lipinski definition) is 5. The fourth-order valence-corrected chi connectivity index (χ4v) is 4.11. The molecule has 144 valence electrons. The van der Waals surface area contributed by atoms with Crippen LogP contribution in [0.2, 0.25) is 0 Å². The number of unbranched alkanes of at least 4 members (excludes halogenated alkanes) is 1. The van der Waals surface area contributed by atoms with Crippen LogP contribution in [0.4, 0.5) is 11.4 Å². The highest BCUT2D eigenvalue weighted by atomic mass is 32.1. The molecule has 1 atom stereocenters. The van der Waals surface area contributed by atoms with Gasteiger partial charge in [0, 0.05) is 12.1 Å². The van der Waals surface area contributed by atoms with Gasteiger partial charge in [-0.2, -0.15) is 0 Å². The van der Waals surface area contributed by atoms with Gasteiger partial charge < -0.3 is 15.4 Å². The van der Waals surface area contributed by atoms with E-state index in [1.807, 2.05) is 18.2 Å². The summed E-state index contributed by atoms with van der Waals surface area (Å²) in [5.41, 5.74) is 2.27. The first-order chi connectivity index (χ1) is 13.6. The van der Waals surface area contributed by atoms with Crippen molar-refractivity contribution in [2.24, 2.45) is 0 Å². The molecule has 7 heteroatoms. The van der Waals surface area contributed by atoms with Gasteiger partial charge in [0.05, 0.1) is 20.9 Å². The zero-order chi connectivity index (χ0) is 19.5. The molecule has 0 bridgehead atoms. The number of thiazole rings is 1. The molecule has 28 heavy (non-hydrogen) atoms. The van der Waals surface area contributed by atoms with Crippen molar-refractivity contribution >= 4 is 44.7 Å². The van der Waals surface area contributed by atoms with Gasteiger partial charge in [0.15, 0.2) is 6.10 Å². The standard InChI is InChI=1S/C21H21N3O3S/c1-13-21(26)24-16-12-14(10-11-17(16)27-13)22-19(25)8-4-5-9-20-23-15-6-2-3-7-18(15)28-20/h2-3,6-7,10-13H,4-5,8-9H2,1H3,(H,22,25)(H,24,26)/t13-/m1/s1. The number of fused-ring (bicyclic) bond motifs is 2. The number of para-hydroxylation sites is 1. The van der Waals surface area contributed by atoms with Gasteiger partial charge >= 0.3 is 0 Å². The summed E-state index contributed by atoms with van der Waals surface area (Å²) >= 11 is 1.71. The van der Waals surface area contributed by atoms with Gasteiger partial charge in [-0.15, -0.1) is 11.3 Å². The van der Waals surface area contributed by atoms with Crippen LogP contribution in [0.25, 0.3) is 10.2 Å². The van der Waals surface area contributed by atoms with Crippen molar-refractivity contribution in [2.45, 2.75) is 38.7 Å².